The number of hydrogen-bond donors (Lipinski definition) is 3. The average molecular weight is 450 g/mol. The van der Waals surface area contributed by atoms with Gasteiger partial charge in [-0.2, -0.15) is 0 Å². The normalized spacial score (nSPS) is 11.1. The third-order valence-corrected chi connectivity index (χ3v) is 5.99. The van der Waals surface area contributed by atoms with Crippen LogP contribution in [0.3, 0.4) is 0 Å². The van der Waals surface area contributed by atoms with E-state index >= 15 is 0 Å². The van der Waals surface area contributed by atoms with Crippen molar-refractivity contribution in [2.24, 2.45) is 0 Å². The topological polar surface area (TPSA) is 96.0 Å². The van der Waals surface area contributed by atoms with Crippen molar-refractivity contribution in [2.45, 2.75) is 11.8 Å². The molecule has 0 fully saturated rings. The van der Waals surface area contributed by atoms with Gasteiger partial charge in [0.1, 0.15) is 0 Å². The fourth-order valence-electron chi connectivity index (χ4n) is 2.85. The summed E-state index contributed by atoms with van der Waals surface area (Å²) in [7, 11) is -3.81. The van der Waals surface area contributed by atoms with Crippen LogP contribution >= 0.6 is 12.2 Å². The highest BCUT2D eigenvalue weighted by Gasteiger charge is 2.15. The largest absolute Gasteiger partial charge is 0.332 e. The second-order valence-electron chi connectivity index (χ2n) is 6.82. The number of nitrogens with one attached hydrogen (secondary N) is 3. The van der Waals surface area contributed by atoms with E-state index in [1.54, 1.807) is 18.2 Å². The molecule has 0 radical (unpaired) electrons. The van der Waals surface area contributed by atoms with Crippen molar-refractivity contribution in [1.82, 2.24) is 9.97 Å². The second-order valence-corrected chi connectivity index (χ2v) is 8.91. The predicted molar refractivity (Wildman–Crippen MR) is 128 cm³/mol. The van der Waals surface area contributed by atoms with Gasteiger partial charge in [0.2, 0.25) is 0 Å². The number of aromatic nitrogens is 2. The second kappa shape index (κ2) is 8.66. The summed E-state index contributed by atoms with van der Waals surface area (Å²) in [6, 6.07) is 21.3. The van der Waals surface area contributed by atoms with Crippen LogP contribution in [0.2, 0.25) is 0 Å². The van der Waals surface area contributed by atoms with Gasteiger partial charge in [-0.25, -0.2) is 13.4 Å². The summed E-state index contributed by atoms with van der Waals surface area (Å²) in [5.74, 6) is 0.157. The van der Waals surface area contributed by atoms with E-state index in [0.29, 0.717) is 21.8 Å². The highest BCUT2D eigenvalue weighted by Crippen LogP contribution is 2.19. The Morgan fingerprint density at radius 2 is 1.42 bits per heavy atom. The van der Waals surface area contributed by atoms with Gasteiger partial charge >= 0.3 is 0 Å². The van der Waals surface area contributed by atoms with E-state index in [2.05, 4.69) is 25.3 Å². The lowest BCUT2D eigenvalue weighted by atomic mass is 10.2. The molecular weight excluding hydrogens is 430 g/mol. The summed E-state index contributed by atoms with van der Waals surface area (Å²) in [6.45, 7) is 2.01. The summed E-state index contributed by atoms with van der Waals surface area (Å²) in [5, 5.41) is 6.53. The summed E-state index contributed by atoms with van der Waals surface area (Å²) < 4.78 is 27.9. The van der Waals surface area contributed by atoms with Crippen LogP contribution in [0.5, 0.6) is 0 Å². The number of thiocarbonyl (C=S) groups is 1. The molecule has 3 N–H and O–H groups in total. The first-order valence-electron chi connectivity index (χ1n) is 9.38. The van der Waals surface area contributed by atoms with Crippen molar-refractivity contribution >= 4 is 55.6 Å². The van der Waals surface area contributed by atoms with E-state index in [1.807, 2.05) is 49.4 Å². The maximum atomic E-state index is 12.7. The number of hydrogen-bond acceptors (Lipinski definition) is 5. The molecule has 0 unspecified atom stereocenters. The lowest BCUT2D eigenvalue weighted by Gasteiger charge is -2.12. The number of para-hydroxylation sites is 2. The molecule has 31 heavy (non-hydrogen) atoms. The molecule has 156 valence electrons. The van der Waals surface area contributed by atoms with Crippen LogP contribution in [0.4, 0.5) is 17.2 Å². The van der Waals surface area contributed by atoms with Crippen molar-refractivity contribution in [3.8, 4) is 0 Å². The van der Waals surface area contributed by atoms with E-state index in [9.17, 15) is 8.42 Å². The molecule has 0 saturated heterocycles. The first kappa shape index (κ1) is 20.7. The zero-order valence-corrected chi connectivity index (χ0v) is 18.2. The van der Waals surface area contributed by atoms with Crippen LogP contribution in [0.15, 0.2) is 83.9 Å². The van der Waals surface area contributed by atoms with Crippen LogP contribution in [0.1, 0.15) is 5.56 Å². The zero-order valence-electron chi connectivity index (χ0n) is 16.5. The molecule has 0 atom stereocenters. The van der Waals surface area contributed by atoms with Gasteiger partial charge in [0.15, 0.2) is 10.9 Å². The number of anilines is 3. The minimum atomic E-state index is -3.81. The summed E-state index contributed by atoms with van der Waals surface area (Å²) in [4.78, 5) is 8.62. The summed E-state index contributed by atoms with van der Waals surface area (Å²) >= 11 is 5.31. The number of nitrogens with zero attached hydrogens (tertiary/aromatic N) is 2. The number of aryl methyl sites for hydroxylation is 1. The first-order valence-corrected chi connectivity index (χ1v) is 11.3. The van der Waals surface area contributed by atoms with E-state index in [-0.39, 0.29) is 10.7 Å². The molecule has 7 nitrogen and oxygen atoms in total. The van der Waals surface area contributed by atoms with Crippen LogP contribution in [-0.2, 0) is 10.0 Å². The Hall–Kier alpha value is -3.56. The molecule has 0 aliphatic carbocycles. The molecule has 1 aromatic heterocycles. The maximum Gasteiger partial charge on any atom is 0.263 e. The van der Waals surface area contributed by atoms with Gasteiger partial charge in [-0.15, -0.1) is 0 Å². The summed E-state index contributed by atoms with van der Waals surface area (Å²) in [6.07, 6.45) is 1.39. The number of benzene rings is 3. The van der Waals surface area contributed by atoms with E-state index in [4.69, 9.17) is 12.2 Å². The van der Waals surface area contributed by atoms with E-state index in [0.717, 1.165) is 11.3 Å². The molecular formula is C22H19N5O2S2. The Balaban J connectivity index is 1.43. The van der Waals surface area contributed by atoms with Gasteiger partial charge in [-0.05, 0) is 67.7 Å². The molecule has 0 spiro atoms. The van der Waals surface area contributed by atoms with Crippen molar-refractivity contribution in [3.05, 3.63) is 84.6 Å². The van der Waals surface area contributed by atoms with Crippen LogP contribution in [0.25, 0.3) is 11.0 Å². The van der Waals surface area contributed by atoms with Crippen LogP contribution in [0, 0.1) is 6.92 Å². The molecule has 0 amide bonds. The summed E-state index contributed by atoms with van der Waals surface area (Å²) in [5.41, 5.74) is 3.98. The zero-order chi connectivity index (χ0) is 21.8. The standard InChI is InChI=1S/C22H19N5O2S2/c1-15-6-8-16(9-7-15)24-22(30)25-17-10-12-18(13-11-17)31(28,29)27-21-14-23-19-4-2-3-5-20(19)26-21/h2-14H,1H3,(H,26,27)(H2,24,25,30). The number of sulfonamides is 1. The van der Waals surface area contributed by atoms with Gasteiger partial charge in [-0.3, -0.25) is 9.71 Å². The average Bonchev–Trinajstić information content (AvgIpc) is 2.75. The maximum absolute atomic E-state index is 12.7. The molecule has 0 bridgehead atoms. The molecule has 4 rings (SSSR count). The van der Waals surface area contributed by atoms with Gasteiger partial charge in [0.05, 0.1) is 22.1 Å². The fourth-order valence-corrected chi connectivity index (χ4v) is 4.07. The SMILES string of the molecule is Cc1ccc(NC(=S)Nc2ccc(S(=O)(=O)Nc3cnc4ccccc4n3)cc2)cc1. The highest BCUT2D eigenvalue weighted by atomic mass is 32.2. The molecule has 3 aromatic carbocycles. The molecule has 1 heterocycles. The molecule has 0 aliphatic heterocycles. The minimum absolute atomic E-state index is 0.102. The van der Waals surface area contributed by atoms with Gasteiger partial charge < -0.3 is 10.6 Å². The minimum Gasteiger partial charge on any atom is -0.332 e. The van der Waals surface area contributed by atoms with Gasteiger partial charge in [0, 0.05) is 11.4 Å². The Labute approximate surface area is 185 Å². The third kappa shape index (κ3) is 5.14. The van der Waals surface area contributed by atoms with Crippen molar-refractivity contribution < 1.29 is 8.42 Å². The van der Waals surface area contributed by atoms with Gasteiger partial charge in [0.25, 0.3) is 10.0 Å². The van der Waals surface area contributed by atoms with Gasteiger partial charge in [-0.1, -0.05) is 29.8 Å². The molecule has 4 aromatic rings. The predicted octanol–water partition coefficient (Wildman–Crippen LogP) is 4.55. The Bertz CT molecular complexity index is 1340. The first-order chi connectivity index (χ1) is 14.9. The fraction of sp³-hybridized carbons (Fsp3) is 0.0455. The number of fused-ring (bicyclic) bond motifs is 1. The smallest absolute Gasteiger partial charge is 0.263 e. The molecule has 0 aliphatic rings. The van der Waals surface area contributed by atoms with Crippen molar-refractivity contribution in [3.63, 3.8) is 0 Å². The molecule has 0 saturated carbocycles. The van der Waals surface area contributed by atoms with Crippen molar-refractivity contribution in [2.75, 3.05) is 15.4 Å². The Morgan fingerprint density at radius 3 is 2.06 bits per heavy atom. The third-order valence-electron chi connectivity index (χ3n) is 4.42. The van der Waals surface area contributed by atoms with E-state index in [1.165, 1.54) is 18.3 Å². The highest BCUT2D eigenvalue weighted by molar-refractivity contribution is 7.92. The quantitative estimate of drug-likeness (QED) is 0.385. The number of rotatable bonds is 5. The Morgan fingerprint density at radius 1 is 0.839 bits per heavy atom. The molecule has 9 heteroatoms. The van der Waals surface area contributed by atoms with E-state index < -0.39 is 10.0 Å². The van der Waals surface area contributed by atoms with Crippen LogP contribution in [-0.4, -0.2) is 23.5 Å². The Kier molecular flexibility index (Phi) is 5.79. The monoisotopic (exact) mass is 449 g/mol. The van der Waals surface area contributed by atoms with Crippen molar-refractivity contribution in [1.29, 1.82) is 0 Å². The lowest BCUT2D eigenvalue weighted by Crippen LogP contribution is -2.19. The van der Waals surface area contributed by atoms with Crippen LogP contribution < -0.4 is 15.4 Å². The lowest BCUT2D eigenvalue weighted by molar-refractivity contribution is 0.601.